The molecule has 0 saturated carbocycles. The summed E-state index contributed by atoms with van der Waals surface area (Å²) >= 11 is 0. The number of imidazole rings is 1. The monoisotopic (exact) mass is 231 g/mol. The molecule has 0 fully saturated rings. The second-order valence-corrected chi connectivity index (χ2v) is 3.77. The molecule has 88 valence electrons. The van der Waals surface area contributed by atoms with Crippen molar-refractivity contribution in [2.75, 3.05) is 0 Å². The number of pyridine rings is 1. The Morgan fingerprint density at radius 2 is 2.29 bits per heavy atom. The number of hydrogen-bond acceptors (Lipinski definition) is 3. The fourth-order valence-corrected chi connectivity index (χ4v) is 1.68. The molecule has 0 unspecified atom stereocenters. The first kappa shape index (κ1) is 11.3. The Morgan fingerprint density at radius 3 is 2.94 bits per heavy atom. The van der Waals surface area contributed by atoms with Crippen molar-refractivity contribution >= 4 is 5.97 Å². The number of carbonyl (C=O) groups is 1. The summed E-state index contributed by atoms with van der Waals surface area (Å²) in [6.07, 6.45) is 5.76. The molecule has 0 spiro atoms. The van der Waals surface area contributed by atoms with Gasteiger partial charge in [-0.05, 0) is 18.6 Å². The maximum absolute atomic E-state index is 10.5. The third-order valence-corrected chi connectivity index (χ3v) is 2.60. The van der Waals surface area contributed by atoms with Gasteiger partial charge in [-0.3, -0.25) is 9.78 Å². The molecule has 2 aromatic rings. The van der Waals surface area contributed by atoms with Crippen LogP contribution in [0.1, 0.15) is 12.1 Å². The summed E-state index contributed by atoms with van der Waals surface area (Å²) in [5, 5.41) is 8.65. The standard InChI is InChI=1S/C12H13N3O2/c1-15-10(4-5-11(16)17)8-14-12(15)9-3-2-6-13-7-9/h2-3,6-8H,4-5H2,1H3,(H,16,17). The van der Waals surface area contributed by atoms with Gasteiger partial charge in [-0.15, -0.1) is 0 Å². The van der Waals surface area contributed by atoms with Gasteiger partial charge in [0.15, 0.2) is 0 Å². The van der Waals surface area contributed by atoms with Gasteiger partial charge in [0.25, 0.3) is 0 Å². The average Bonchev–Trinajstić information content (AvgIpc) is 2.69. The van der Waals surface area contributed by atoms with Crippen LogP contribution in [0.15, 0.2) is 30.7 Å². The van der Waals surface area contributed by atoms with Gasteiger partial charge in [-0.2, -0.15) is 0 Å². The maximum atomic E-state index is 10.5. The highest BCUT2D eigenvalue weighted by Crippen LogP contribution is 2.17. The number of aliphatic carboxylic acids is 1. The number of nitrogens with zero attached hydrogens (tertiary/aromatic N) is 3. The van der Waals surface area contributed by atoms with Gasteiger partial charge in [0.2, 0.25) is 0 Å². The second kappa shape index (κ2) is 4.78. The summed E-state index contributed by atoms with van der Waals surface area (Å²) < 4.78 is 1.90. The highest BCUT2D eigenvalue weighted by molar-refractivity contribution is 5.67. The van der Waals surface area contributed by atoms with Gasteiger partial charge >= 0.3 is 5.97 Å². The highest BCUT2D eigenvalue weighted by Gasteiger charge is 2.09. The van der Waals surface area contributed by atoms with Crippen LogP contribution in [0.25, 0.3) is 11.4 Å². The summed E-state index contributed by atoms with van der Waals surface area (Å²) in [5.74, 6) is 0.00705. The summed E-state index contributed by atoms with van der Waals surface area (Å²) in [5.41, 5.74) is 1.84. The number of hydrogen-bond donors (Lipinski definition) is 1. The van der Waals surface area contributed by atoms with Gasteiger partial charge in [0, 0.05) is 36.9 Å². The Balaban J connectivity index is 2.24. The minimum absolute atomic E-state index is 0.117. The third-order valence-electron chi connectivity index (χ3n) is 2.60. The maximum Gasteiger partial charge on any atom is 0.303 e. The van der Waals surface area contributed by atoms with Crippen molar-refractivity contribution in [1.29, 1.82) is 0 Å². The Kier molecular flexibility index (Phi) is 3.18. The lowest BCUT2D eigenvalue weighted by atomic mass is 10.2. The molecule has 2 rings (SSSR count). The van der Waals surface area contributed by atoms with E-state index in [-0.39, 0.29) is 6.42 Å². The first-order valence-corrected chi connectivity index (χ1v) is 5.31. The summed E-state index contributed by atoms with van der Waals surface area (Å²) in [6, 6.07) is 3.78. The highest BCUT2D eigenvalue weighted by atomic mass is 16.4. The minimum Gasteiger partial charge on any atom is -0.481 e. The van der Waals surface area contributed by atoms with E-state index in [0.29, 0.717) is 6.42 Å². The van der Waals surface area contributed by atoms with Gasteiger partial charge in [0.05, 0.1) is 6.42 Å². The Labute approximate surface area is 98.8 Å². The number of rotatable bonds is 4. The molecular weight excluding hydrogens is 218 g/mol. The predicted molar refractivity (Wildman–Crippen MR) is 62.4 cm³/mol. The van der Waals surface area contributed by atoms with Crippen molar-refractivity contribution in [2.24, 2.45) is 7.05 Å². The van der Waals surface area contributed by atoms with E-state index in [1.54, 1.807) is 18.6 Å². The molecule has 2 aromatic heterocycles. The normalized spacial score (nSPS) is 10.4. The molecule has 0 amide bonds. The van der Waals surface area contributed by atoms with E-state index in [1.807, 2.05) is 23.7 Å². The van der Waals surface area contributed by atoms with Crippen LogP contribution in [0.4, 0.5) is 0 Å². The minimum atomic E-state index is -0.797. The molecule has 17 heavy (non-hydrogen) atoms. The van der Waals surface area contributed by atoms with Crippen molar-refractivity contribution < 1.29 is 9.90 Å². The topological polar surface area (TPSA) is 68.0 Å². The molecule has 0 aliphatic rings. The fraction of sp³-hybridized carbons (Fsp3) is 0.250. The summed E-state index contributed by atoms with van der Waals surface area (Å²) in [4.78, 5) is 18.9. The van der Waals surface area contributed by atoms with Crippen molar-refractivity contribution in [1.82, 2.24) is 14.5 Å². The molecule has 0 radical (unpaired) electrons. The fourth-order valence-electron chi connectivity index (χ4n) is 1.68. The molecule has 5 heteroatoms. The van der Waals surface area contributed by atoms with Crippen LogP contribution >= 0.6 is 0 Å². The SMILES string of the molecule is Cn1c(CCC(=O)O)cnc1-c1cccnc1. The molecule has 5 nitrogen and oxygen atoms in total. The Bertz CT molecular complexity index is 520. The molecule has 0 aliphatic heterocycles. The molecule has 1 N–H and O–H groups in total. The largest absolute Gasteiger partial charge is 0.481 e. The summed E-state index contributed by atoms with van der Waals surface area (Å²) in [7, 11) is 1.88. The van der Waals surface area contributed by atoms with Crippen molar-refractivity contribution in [2.45, 2.75) is 12.8 Å². The third kappa shape index (κ3) is 2.50. The van der Waals surface area contributed by atoms with Gasteiger partial charge in [0.1, 0.15) is 5.82 Å². The Hall–Kier alpha value is -2.17. The van der Waals surface area contributed by atoms with E-state index >= 15 is 0 Å². The van der Waals surface area contributed by atoms with Crippen LogP contribution in [0, 0.1) is 0 Å². The van der Waals surface area contributed by atoms with Crippen molar-refractivity contribution in [3.8, 4) is 11.4 Å². The van der Waals surface area contributed by atoms with Crippen molar-refractivity contribution in [3.63, 3.8) is 0 Å². The second-order valence-electron chi connectivity index (χ2n) is 3.77. The molecule has 0 saturated heterocycles. The summed E-state index contributed by atoms with van der Waals surface area (Å²) in [6.45, 7) is 0. The van der Waals surface area contributed by atoms with E-state index in [0.717, 1.165) is 17.1 Å². The number of carboxylic acid groups (broad SMARTS) is 1. The lowest BCUT2D eigenvalue weighted by Crippen LogP contribution is -2.03. The molecule has 0 atom stereocenters. The van der Waals surface area contributed by atoms with Crippen LogP contribution in [0.5, 0.6) is 0 Å². The average molecular weight is 231 g/mol. The zero-order valence-corrected chi connectivity index (χ0v) is 9.50. The van der Waals surface area contributed by atoms with Crippen LogP contribution in [0.2, 0.25) is 0 Å². The first-order valence-electron chi connectivity index (χ1n) is 5.31. The molecule has 0 bridgehead atoms. The number of aryl methyl sites for hydroxylation is 1. The zero-order chi connectivity index (χ0) is 12.3. The predicted octanol–water partition coefficient (Wildman–Crippen LogP) is 1.50. The Morgan fingerprint density at radius 1 is 1.47 bits per heavy atom. The van der Waals surface area contributed by atoms with E-state index in [2.05, 4.69) is 9.97 Å². The molecule has 2 heterocycles. The van der Waals surface area contributed by atoms with E-state index in [1.165, 1.54) is 0 Å². The first-order chi connectivity index (χ1) is 8.18. The van der Waals surface area contributed by atoms with E-state index in [4.69, 9.17) is 5.11 Å². The van der Waals surface area contributed by atoms with Crippen LogP contribution < -0.4 is 0 Å². The molecular formula is C12H13N3O2. The van der Waals surface area contributed by atoms with Crippen LogP contribution in [-0.4, -0.2) is 25.6 Å². The number of aromatic nitrogens is 3. The quantitative estimate of drug-likeness (QED) is 0.865. The van der Waals surface area contributed by atoms with Gasteiger partial charge in [-0.25, -0.2) is 4.98 Å². The van der Waals surface area contributed by atoms with Crippen LogP contribution in [-0.2, 0) is 18.3 Å². The lowest BCUT2D eigenvalue weighted by Gasteiger charge is -2.04. The van der Waals surface area contributed by atoms with Crippen molar-refractivity contribution in [3.05, 3.63) is 36.4 Å². The molecule has 0 aliphatic carbocycles. The smallest absolute Gasteiger partial charge is 0.303 e. The van der Waals surface area contributed by atoms with Gasteiger partial charge < -0.3 is 9.67 Å². The molecule has 0 aromatic carbocycles. The van der Waals surface area contributed by atoms with E-state index < -0.39 is 5.97 Å². The van der Waals surface area contributed by atoms with Crippen LogP contribution in [0.3, 0.4) is 0 Å². The number of carboxylic acids is 1. The lowest BCUT2D eigenvalue weighted by molar-refractivity contribution is -0.136. The van der Waals surface area contributed by atoms with Gasteiger partial charge in [-0.1, -0.05) is 0 Å². The van der Waals surface area contributed by atoms with E-state index in [9.17, 15) is 4.79 Å². The zero-order valence-electron chi connectivity index (χ0n) is 9.50.